The predicted molar refractivity (Wildman–Crippen MR) is 85.1 cm³/mol. The third-order valence-corrected chi connectivity index (χ3v) is 4.79. The van der Waals surface area contributed by atoms with Gasteiger partial charge in [-0.05, 0) is 45.7 Å². The molecule has 3 rings (SSSR count). The van der Waals surface area contributed by atoms with Crippen LogP contribution in [0.1, 0.15) is 57.6 Å². The summed E-state index contributed by atoms with van der Waals surface area (Å²) in [6, 6.07) is 4.35. The summed E-state index contributed by atoms with van der Waals surface area (Å²) in [6.45, 7) is 8.07. The summed E-state index contributed by atoms with van der Waals surface area (Å²) in [5.74, 6) is 2.06. The Bertz CT molecular complexity index is 506. The van der Waals surface area contributed by atoms with Crippen LogP contribution in [0.25, 0.3) is 0 Å². The van der Waals surface area contributed by atoms with Gasteiger partial charge in [-0.25, -0.2) is 0 Å². The maximum Gasteiger partial charge on any atom is 0.124 e. The molecule has 1 aromatic carbocycles. The van der Waals surface area contributed by atoms with Crippen molar-refractivity contribution in [2.24, 2.45) is 0 Å². The average molecular weight is 289 g/mol. The number of hydrogen-bond acceptors (Lipinski definition) is 3. The summed E-state index contributed by atoms with van der Waals surface area (Å²) in [5.41, 5.74) is 2.79. The van der Waals surface area contributed by atoms with Crippen molar-refractivity contribution in [3.8, 4) is 11.5 Å². The van der Waals surface area contributed by atoms with Crippen molar-refractivity contribution in [1.82, 2.24) is 5.32 Å². The minimum Gasteiger partial charge on any atom is -0.494 e. The lowest BCUT2D eigenvalue weighted by Gasteiger charge is -2.26. The first-order chi connectivity index (χ1) is 10.1. The third kappa shape index (κ3) is 3.18. The molecule has 0 radical (unpaired) electrons. The van der Waals surface area contributed by atoms with Crippen LogP contribution in [0.2, 0.25) is 0 Å². The molecule has 3 heteroatoms. The molecule has 2 aliphatic rings. The summed E-state index contributed by atoms with van der Waals surface area (Å²) in [4.78, 5) is 0. The molecule has 1 aliphatic carbocycles. The van der Waals surface area contributed by atoms with E-state index in [0.29, 0.717) is 6.61 Å². The fraction of sp³-hybridized carbons (Fsp3) is 0.667. The molecule has 1 unspecified atom stereocenters. The van der Waals surface area contributed by atoms with Crippen LogP contribution in [0.4, 0.5) is 0 Å². The molecule has 1 N–H and O–H groups in total. The van der Waals surface area contributed by atoms with Gasteiger partial charge in [0.15, 0.2) is 0 Å². The molecule has 1 atom stereocenters. The number of ether oxygens (including phenoxy) is 2. The van der Waals surface area contributed by atoms with Crippen molar-refractivity contribution in [1.29, 1.82) is 0 Å². The molecular weight excluding hydrogens is 262 g/mol. The van der Waals surface area contributed by atoms with Gasteiger partial charge in [0, 0.05) is 29.6 Å². The van der Waals surface area contributed by atoms with E-state index in [2.05, 4.69) is 31.3 Å². The zero-order chi connectivity index (χ0) is 14.9. The zero-order valence-electron chi connectivity index (χ0n) is 13.5. The quantitative estimate of drug-likeness (QED) is 0.893. The van der Waals surface area contributed by atoms with Gasteiger partial charge in [-0.3, -0.25) is 0 Å². The van der Waals surface area contributed by atoms with Crippen LogP contribution in [0.3, 0.4) is 0 Å². The number of fused-ring (bicyclic) bond motifs is 1. The van der Waals surface area contributed by atoms with Gasteiger partial charge in [-0.2, -0.15) is 0 Å². The second-order valence-electron chi connectivity index (χ2n) is 6.75. The van der Waals surface area contributed by atoms with Crippen molar-refractivity contribution < 1.29 is 9.47 Å². The fourth-order valence-corrected chi connectivity index (χ4v) is 3.55. The van der Waals surface area contributed by atoms with Crippen molar-refractivity contribution >= 4 is 0 Å². The van der Waals surface area contributed by atoms with Crippen LogP contribution in [0, 0.1) is 0 Å². The first-order valence-corrected chi connectivity index (χ1v) is 8.30. The molecule has 3 nitrogen and oxygen atoms in total. The molecule has 0 aromatic heterocycles. The summed E-state index contributed by atoms with van der Waals surface area (Å²) in [6.07, 6.45) is 6.50. The van der Waals surface area contributed by atoms with E-state index >= 15 is 0 Å². The number of nitrogens with one attached hydrogen (secondary N) is 1. The topological polar surface area (TPSA) is 30.5 Å². The highest BCUT2D eigenvalue weighted by Crippen LogP contribution is 2.36. The second-order valence-corrected chi connectivity index (χ2v) is 6.75. The second kappa shape index (κ2) is 5.88. The zero-order valence-corrected chi connectivity index (χ0v) is 13.5. The molecule has 1 heterocycles. The Morgan fingerprint density at radius 2 is 2.10 bits per heavy atom. The Morgan fingerprint density at radius 3 is 2.81 bits per heavy atom. The Morgan fingerprint density at radius 1 is 1.33 bits per heavy atom. The molecule has 0 spiro atoms. The molecule has 1 aliphatic heterocycles. The summed E-state index contributed by atoms with van der Waals surface area (Å²) in [5, 5.41) is 3.74. The van der Waals surface area contributed by atoms with Gasteiger partial charge < -0.3 is 14.8 Å². The van der Waals surface area contributed by atoms with Gasteiger partial charge >= 0.3 is 0 Å². The maximum absolute atomic E-state index is 5.89. The molecule has 116 valence electrons. The Balaban J connectivity index is 1.78. The average Bonchev–Trinajstić information content (AvgIpc) is 3.02. The van der Waals surface area contributed by atoms with Crippen molar-refractivity contribution in [3.63, 3.8) is 0 Å². The van der Waals surface area contributed by atoms with Crippen molar-refractivity contribution in [2.45, 2.75) is 71.1 Å². The lowest BCUT2D eigenvalue weighted by Crippen LogP contribution is -2.38. The molecule has 1 aromatic rings. The third-order valence-electron chi connectivity index (χ3n) is 4.79. The highest BCUT2D eigenvalue weighted by Gasteiger charge is 2.28. The lowest BCUT2D eigenvalue weighted by molar-refractivity contribution is 0.254. The minimum absolute atomic E-state index is 0.282. The molecule has 21 heavy (non-hydrogen) atoms. The van der Waals surface area contributed by atoms with Crippen molar-refractivity contribution in [3.05, 3.63) is 23.3 Å². The van der Waals surface area contributed by atoms with Crippen LogP contribution >= 0.6 is 0 Å². The SMILES string of the molecule is CCOc1cc2c(cc1CNC1(C)CCCC1)OC(C)C2. The van der Waals surface area contributed by atoms with Gasteiger partial charge in [0.2, 0.25) is 0 Å². The lowest BCUT2D eigenvalue weighted by atomic mass is 9.99. The molecule has 0 saturated heterocycles. The van der Waals surface area contributed by atoms with Gasteiger partial charge in [-0.15, -0.1) is 0 Å². The van der Waals surface area contributed by atoms with Gasteiger partial charge in [-0.1, -0.05) is 12.8 Å². The largest absolute Gasteiger partial charge is 0.494 e. The van der Waals surface area contributed by atoms with Gasteiger partial charge in [0.25, 0.3) is 0 Å². The van der Waals surface area contributed by atoms with E-state index in [4.69, 9.17) is 9.47 Å². The van der Waals surface area contributed by atoms with Crippen LogP contribution < -0.4 is 14.8 Å². The Labute approximate surface area is 128 Å². The van der Waals surface area contributed by atoms with Crippen LogP contribution in [-0.2, 0) is 13.0 Å². The number of rotatable bonds is 5. The first kappa shape index (κ1) is 14.7. The number of hydrogen-bond donors (Lipinski definition) is 1. The van der Waals surface area contributed by atoms with E-state index in [1.54, 1.807) is 0 Å². The molecule has 1 fully saturated rings. The normalized spacial score (nSPS) is 22.9. The smallest absolute Gasteiger partial charge is 0.124 e. The first-order valence-electron chi connectivity index (χ1n) is 8.30. The van der Waals surface area contributed by atoms with E-state index in [9.17, 15) is 0 Å². The van der Waals surface area contributed by atoms with Gasteiger partial charge in [0.1, 0.15) is 17.6 Å². The minimum atomic E-state index is 0.282. The Kier molecular flexibility index (Phi) is 4.12. The van der Waals surface area contributed by atoms with E-state index in [1.807, 2.05) is 6.92 Å². The summed E-state index contributed by atoms with van der Waals surface area (Å²) < 4.78 is 11.7. The van der Waals surface area contributed by atoms with E-state index in [-0.39, 0.29) is 11.6 Å². The summed E-state index contributed by atoms with van der Waals surface area (Å²) in [7, 11) is 0. The van der Waals surface area contributed by atoms with Crippen LogP contribution in [0.15, 0.2) is 12.1 Å². The van der Waals surface area contributed by atoms with Crippen LogP contribution in [-0.4, -0.2) is 18.2 Å². The summed E-state index contributed by atoms with van der Waals surface area (Å²) >= 11 is 0. The number of benzene rings is 1. The fourth-order valence-electron chi connectivity index (χ4n) is 3.55. The monoisotopic (exact) mass is 289 g/mol. The molecule has 0 bridgehead atoms. The predicted octanol–water partition coefficient (Wildman–Crippen LogP) is 3.83. The van der Waals surface area contributed by atoms with E-state index in [0.717, 1.165) is 24.5 Å². The van der Waals surface area contributed by atoms with Crippen LogP contribution in [0.5, 0.6) is 11.5 Å². The van der Waals surface area contributed by atoms with E-state index < -0.39 is 0 Å². The molecule has 1 saturated carbocycles. The van der Waals surface area contributed by atoms with Gasteiger partial charge in [0.05, 0.1) is 6.61 Å². The highest BCUT2D eigenvalue weighted by atomic mass is 16.5. The van der Waals surface area contributed by atoms with Crippen molar-refractivity contribution in [2.75, 3.05) is 6.61 Å². The molecule has 0 amide bonds. The Hall–Kier alpha value is -1.22. The molecular formula is C18H27NO2. The maximum atomic E-state index is 5.89. The standard InChI is InChI=1S/C18H27NO2/c1-4-20-16-10-14-9-13(2)21-17(14)11-15(16)12-19-18(3)7-5-6-8-18/h10-11,13,19H,4-9,12H2,1-3H3. The van der Waals surface area contributed by atoms with E-state index in [1.165, 1.54) is 36.8 Å². The highest BCUT2D eigenvalue weighted by molar-refractivity contribution is 5.48.